The van der Waals surface area contributed by atoms with Gasteiger partial charge in [0, 0.05) is 24.8 Å². The van der Waals surface area contributed by atoms with Crippen LogP contribution in [-0.4, -0.2) is 27.6 Å². The van der Waals surface area contributed by atoms with E-state index in [1.54, 1.807) is 4.68 Å². The lowest BCUT2D eigenvalue weighted by molar-refractivity contribution is -0.137. The lowest BCUT2D eigenvalue weighted by Crippen LogP contribution is -2.51. The number of hydrogen-bond donors (Lipinski definition) is 1. The fraction of sp³-hybridized carbons (Fsp3) is 0.444. The van der Waals surface area contributed by atoms with Gasteiger partial charge in [0.25, 0.3) is 5.91 Å². The highest BCUT2D eigenvalue weighted by Gasteiger charge is 2.47. The molecule has 0 unspecified atom stereocenters. The summed E-state index contributed by atoms with van der Waals surface area (Å²) < 4.78 is 40.1. The van der Waals surface area contributed by atoms with Gasteiger partial charge in [0.1, 0.15) is 5.54 Å². The third kappa shape index (κ3) is 3.10. The molecule has 2 aromatic rings. The number of halogens is 4. The van der Waals surface area contributed by atoms with Gasteiger partial charge in [-0.25, -0.2) is 0 Å². The van der Waals surface area contributed by atoms with Gasteiger partial charge in [0.2, 0.25) is 0 Å². The number of alkyl halides is 3. The molecule has 2 aliphatic rings. The normalized spacial score (nSPS) is 18.9. The Hall–Kier alpha value is -2.06. The number of nitrogens with one attached hydrogen (secondary N) is 1. The summed E-state index contributed by atoms with van der Waals surface area (Å²) >= 11 is 5.97. The van der Waals surface area contributed by atoms with Crippen LogP contribution in [0.25, 0.3) is 0 Å². The van der Waals surface area contributed by atoms with Crippen LogP contribution in [-0.2, 0) is 29.6 Å². The Labute approximate surface area is 159 Å². The molecule has 1 saturated carbocycles. The van der Waals surface area contributed by atoms with Crippen LogP contribution >= 0.6 is 11.6 Å². The minimum atomic E-state index is -4.48. The maximum absolute atomic E-state index is 13.0. The summed E-state index contributed by atoms with van der Waals surface area (Å²) in [6.45, 7) is 1.53. The molecular formula is C18H18ClF3N4O. The van der Waals surface area contributed by atoms with Crippen molar-refractivity contribution in [3.05, 3.63) is 46.2 Å². The highest BCUT2D eigenvalue weighted by atomic mass is 35.5. The molecule has 1 N–H and O–H groups in total. The summed E-state index contributed by atoms with van der Waals surface area (Å²) in [5.41, 5.74) is 0.569. The van der Waals surface area contributed by atoms with Gasteiger partial charge in [-0.1, -0.05) is 11.6 Å². The van der Waals surface area contributed by atoms with Crippen LogP contribution < -0.4 is 5.32 Å². The summed E-state index contributed by atoms with van der Waals surface area (Å²) in [5.74, 6) is -0.301. The SMILES string of the molecule is CN1Cc2cn(C3(C(=O)Nc4ccc(C(F)(F)F)cc4Cl)CCC3)nc2C1. The van der Waals surface area contributed by atoms with Crippen molar-refractivity contribution in [1.82, 2.24) is 14.7 Å². The Balaban J connectivity index is 1.57. The minimum Gasteiger partial charge on any atom is -0.323 e. The first kappa shape index (κ1) is 18.3. The third-order valence-electron chi connectivity index (χ3n) is 5.32. The van der Waals surface area contributed by atoms with E-state index in [2.05, 4.69) is 15.3 Å². The summed E-state index contributed by atoms with van der Waals surface area (Å²) in [5, 5.41) is 7.15. The van der Waals surface area contributed by atoms with Crippen LogP contribution in [0.2, 0.25) is 5.02 Å². The van der Waals surface area contributed by atoms with Gasteiger partial charge in [-0.05, 0) is 44.5 Å². The van der Waals surface area contributed by atoms with Crippen molar-refractivity contribution in [1.29, 1.82) is 0 Å². The second-order valence-electron chi connectivity index (χ2n) is 7.25. The molecule has 27 heavy (non-hydrogen) atoms. The maximum atomic E-state index is 13.0. The van der Waals surface area contributed by atoms with E-state index in [-0.39, 0.29) is 16.6 Å². The van der Waals surface area contributed by atoms with Crippen LogP contribution in [0.5, 0.6) is 0 Å². The molecule has 0 saturated heterocycles. The number of carbonyl (C=O) groups excluding carboxylic acids is 1. The van der Waals surface area contributed by atoms with E-state index in [0.717, 1.165) is 42.9 Å². The zero-order valence-corrected chi connectivity index (χ0v) is 15.4. The first-order valence-corrected chi connectivity index (χ1v) is 9.01. The number of carbonyl (C=O) groups is 1. The number of anilines is 1. The Morgan fingerprint density at radius 2 is 2.04 bits per heavy atom. The highest BCUT2D eigenvalue weighted by Crippen LogP contribution is 2.42. The first-order valence-electron chi connectivity index (χ1n) is 8.64. The van der Waals surface area contributed by atoms with Crippen molar-refractivity contribution in [2.75, 3.05) is 12.4 Å². The molecule has 1 aromatic carbocycles. The third-order valence-corrected chi connectivity index (χ3v) is 5.64. The van der Waals surface area contributed by atoms with E-state index in [9.17, 15) is 18.0 Å². The Morgan fingerprint density at radius 3 is 2.59 bits per heavy atom. The minimum absolute atomic E-state index is 0.141. The lowest BCUT2D eigenvalue weighted by atomic mass is 9.76. The van der Waals surface area contributed by atoms with Gasteiger partial charge in [-0.15, -0.1) is 0 Å². The topological polar surface area (TPSA) is 50.2 Å². The van der Waals surface area contributed by atoms with E-state index >= 15 is 0 Å². The van der Waals surface area contributed by atoms with Crippen molar-refractivity contribution >= 4 is 23.2 Å². The van der Waals surface area contributed by atoms with E-state index in [0.29, 0.717) is 12.8 Å². The number of nitrogens with zero attached hydrogens (tertiary/aromatic N) is 3. The summed E-state index contributed by atoms with van der Waals surface area (Å²) in [7, 11) is 2.00. The smallest absolute Gasteiger partial charge is 0.323 e. The highest BCUT2D eigenvalue weighted by molar-refractivity contribution is 6.33. The zero-order chi connectivity index (χ0) is 19.4. The zero-order valence-electron chi connectivity index (χ0n) is 14.6. The summed E-state index contributed by atoms with van der Waals surface area (Å²) in [6, 6.07) is 2.92. The molecule has 1 aliphatic heterocycles. The van der Waals surface area contributed by atoms with E-state index < -0.39 is 17.3 Å². The van der Waals surface area contributed by atoms with Crippen molar-refractivity contribution in [2.24, 2.45) is 0 Å². The second-order valence-corrected chi connectivity index (χ2v) is 7.66. The molecule has 9 heteroatoms. The van der Waals surface area contributed by atoms with Crippen LogP contribution in [0.3, 0.4) is 0 Å². The van der Waals surface area contributed by atoms with Gasteiger partial charge >= 0.3 is 6.18 Å². The van der Waals surface area contributed by atoms with Crippen LogP contribution in [0.4, 0.5) is 18.9 Å². The quantitative estimate of drug-likeness (QED) is 0.849. The van der Waals surface area contributed by atoms with Crippen LogP contribution in [0.15, 0.2) is 24.4 Å². The number of fused-ring (bicyclic) bond motifs is 1. The molecule has 1 aliphatic carbocycles. The standard InChI is InChI=1S/C18H18ClF3N4O/c1-25-8-11-9-26(24-15(11)10-25)17(5-2-6-17)16(27)23-14-4-3-12(7-13(14)19)18(20,21)22/h3-4,7,9H,2,5-6,8,10H2,1H3,(H,23,27). The van der Waals surface area contributed by atoms with Gasteiger partial charge in [-0.3, -0.25) is 14.4 Å². The molecular weight excluding hydrogens is 381 g/mol. The molecule has 1 aromatic heterocycles. The van der Waals surface area contributed by atoms with Crippen molar-refractivity contribution in [3.8, 4) is 0 Å². The molecule has 144 valence electrons. The molecule has 4 rings (SSSR count). The molecule has 0 bridgehead atoms. The van der Waals surface area contributed by atoms with Crippen molar-refractivity contribution < 1.29 is 18.0 Å². The molecule has 1 amide bonds. The number of rotatable bonds is 3. The van der Waals surface area contributed by atoms with Gasteiger partial charge in [0.15, 0.2) is 0 Å². The predicted molar refractivity (Wildman–Crippen MR) is 94.3 cm³/mol. The monoisotopic (exact) mass is 398 g/mol. The Morgan fingerprint density at radius 1 is 1.30 bits per heavy atom. The Kier molecular flexibility index (Phi) is 4.23. The number of hydrogen-bond acceptors (Lipinski definition) is 3. The fourth-order valence-electron chi connectivity index (χ4n) is 3.64. The van der Waals surface area contributed by atoms with E-state index in [1.807, 2.05) is 13.2 Å². The predicted octanol–water partition coefficient (Wildman–Crippen LogP) is 4.02. The summed E-state index contributed by atoms with van der Waals surface area (Å²) in [4.78, 5) is 15.1. The van der Waals surface area contributed by atoms with Gasteiger partial charge in [-0.2, -0.15) is 18.3 Å². The van der Waals surface area contributed by atoms with Crippen molar-refractivity contribution in [2.45, 2.75) is 44.1 Å². The number of aromatic nitrogens is 2. The number of amides is 1. The van der Waals surface area contributed by atoms with E-state index in [4.69, 9.17) is 11.6 Å². The van der Waals surface area contributed by atoms with Gasteiger partial charge < -0.3 is 5.32 Å². The molecule has 1 fully saturated rings. The second kappa shape index (κ2) is 6.24. The summed E-state index contributed by atoms with van der Waals surface area (Å²) in [6.07, 6.45) is -0.421. The maximum Gasteiger partial charge on any atom is 0.416 e. The van der Waals surface area contributed by atoms with Crippen LogP contribution in [0.1, 0.15) is 36.1 Å². The lowest BCUT2D eigenvalue weighted by Gasteiger charge is -2.40. The Bertz CT molecular complexity index is 881. The van der Waals surface area contributed by atoms with Crippen LogP contribution in [0, 0.1) is 0 Å². The molecule has 0 atom stereocenters. The van der Waals surface area contributed by atoms with Crippen molar-refractivity contribution in [3.63, 3.8) is 0 Å². The molecule has 5 nitrogen and oxygen atoms in total. The first-order chi connectivity index (χ1) is 12.7. The number of benzene rings is 1. The molecule has 2 heterocycles. The van der Waals surface area contributed by atoms with Gasteiger partial charge in [0.05, 0.1) is 22.0 Å². The molecule has 0 radical (unpaired) electrons. The fourth-order valence-corrected chi connectivity index (χ4v) is 3.86. The average molecular weight is 399 g/mol. The van der Waals surface area contributed by atoms with E-state index in [1.165, 1.54) is 6.07 Å². The largest absolute Gasteiger partial charge is 0.416 e. The average Bonchev–Trinajstić information content (AvgIpc) is 3.04. The molecule has 0 spiro atoms.